The molecule has 0 aliphatic rings. The standard InChI is InChI=1S/C31H59NO8/c1-6-8-10-12-14-16-18-20-22-29(34)40-27(25-38-28(33)21-19-17-15-13-11-9-7-2)26-39-31(30(35)36)37-24-23-32(3,4)5/h27,31H,6-26H2,1-5H3. The Hall–Kier alpha value is -1.71. The molecule has 0 aromatic carbocycles. The van der Waals surface area contributed by atoms with Gasteiger partial charge in [0, 0.05) is 12.8 Å². The fourth-order valence-corrected chi connectivity index (χ4v) is 4.06. The molecule has 0 spiro atoms. The molecule has 0 aromatic heterocycles. The third kappa shape index (κ3) is 25.3. The molecule has 9 nitrogen and oxygen atoms in total. The van der Waals surface area contributed by atoms with Crippen molar-refractivity contribution in [3.05, 3.63) is 0 Å². The predicted octanol–water partition coefficient (Wildman–Crippen LogP) is 4.93. The van der Waals surface area contributed by atoms with Gasteiger partial charge < -0.3 is 33.3 Å². The summed E-state index contributed by atoms with van der Waals surface area (Å²) >= 11 is 0. The molecular formula is C31H59NO8. The van der Waals surface area contributed by atoms with Gasteiger partial charge in [-0.3, -0.25) is 9.59 Å². The van der Waals surface area contributed by atoms with Crippen LogP contribution in [0.3, 0.4) is 0 Å². The molecule has 0 radical (unpaired) electrons. The predicted molar refractivity (Wildman–Crippen MR) is 154 cm³/mol. The van der Waals surface area contributed by atoms with E-state index >= 15 is 0 Å². The normalized spacial score (nSPS) is 13.1. The first-order valence-electron chi connectivity index (χ1n) is 15.7. The summed E-state index contributed by atoms with van der Waals surface area (Å²) in [5.41, 5.74) is 0. The molecule has 0 amide bonds. The van der Waals surface area contributed by atoms with Crippen molar-refractivity contribution in [1.29, 1.82) is 0 Å². The average molecular weight is 574 g/mol. The molecule has 0 fully saturated rings. The summed E-state index contributed by atoms with van der Waals surface area (Å²) < 4.78 is 22.2. The Labute approximate surface area is 243 Å². The Balaban J connectivity index is 4.66. The number of rotatable bonds is 28. The van der Waals surface area contributed by atoms with Crippen LogP contribution in [0.1, 0.15) is 123 Å². The first kappa shape index (κ1) is 38.3. The number of ether oxygens (including phenoxy) is 4. The van der Waals surface area contributed by atoms with Crippen molar-refractivity contribution in [2.75, 3.05) is 47.5 Å². The zero-order chi connectivity index (χ0) is 30.1. The highest BCUT2D eigenvalue weighted by Crippen LogP contribution is 2.12. The Morgan fingerprint density at radius 3 is 1.60 bits per heavy atom. The van der Waals surface area contributed by atoms with Crippen molar-refractivity contribution in [2.45, 2.75) is 135 Å². The molecule has 0 aliphatic carbocycles. The number of hydrogen-bond donors (Lipinski definition) is 0. The van der Waals surface area contributed by atoms with Gasteiger partial charge in [0.05, 0.1) is 40.3 Å². The molecule has 0 N–H and O–H groups in total. The summed E-state index contributed by atoms with van der Waals surface area (Å²) in [4.78, 5) is 36.2. The minimum absolute atomic E-state index is 0.151. The number of aliphatic carboxylic acids is 1. The lowest BCUT2D eigenvalue weighted by Gasteiger charge is -2.26. The van der Waals surface area contributed by atoms with Crippen molar-refractivity contribution in [1.82, 2.24) is 0 Å². The molecule has 9 heteroatoms. The molecule has 0 bridgehead atoms. The maximum Gasteiger partial charge on any atom is 0.306 e. The van der Waals surface area contributed by atoms with E-state index in [4.69, 9.17) is 18.9 Å². The second-order valence-electron chi connectivity index (χ2n) is 11.8. The number of quaternary nitrogens is 1. The van der Waals surface area contributed by atoms with Gasteiger partial charge in [0.1, 0.15) is 13.2 Å². The molecule has 236 valence electrons. The molecule has 0 rings (SSSR count). The van der Waals surface area contributed by atoms with Crippen LogP contribution in [0.15, 0.2) is 0 Å². The number of esters is 2. The van der Waals surface area contributed by atoms with Crippen LogP contribution in [0.5, 0.6) is 0 Å². The molecule has 2 unspecified atom stereocenters. The third-order valence-corrected chi connectivity index (χ3v) is 6.60. The molecule has 0 aliphatic heterocycles. The minimum Gasteiger partial charge on any atom is -0.545 e. The van der Waals surface area contributed by atoms with E-state index in [1.54, 1.807) is 0 Å². The highest BCUT2D eigenvalue weighted by molar-refractivity contribution is 5.70. The number of likely N-dealkylation sites (N-methyl/N-ethyl adjacent to an activating group) is 1. The van der Waals surface area contributed by atoms with E-state index in [2.05, 4.69) is 13.8 Å². The number of hydrogen-bond acceptors (Lipinski definition) is 8. The van der Waals surface area contributed by atoms with Gasteiger partial charge in [0.25, 0.3) is 0 Å². The number of carboxylic acid groups (broad SMARTS) is 1. The molecule has 0 heterocycles. The minimum atomic E-state index is -1.61. The van der Waals surface area contributed by atoms with E-state index in [0.717, 1.165) is 32.1 Å². The smallest absolute Gasteiger partial charge is 0.306 e. The number of carbonyl (C=O) groups is 3. The van der Waals surface area contributed by atoms with Gasteiger partial charge in [-0.2, -0.15) is 0 Å². The van der Waals surface area contributed by atoms with Crippen LogP contribution in [0.2, 0.25) is 0 Å². The van der Waals surface area contributed by atoms with Crippen LogP contribution in [-0.2, 0) is 33.3 Å². The second-order valence-corrected chi connectivity index (χ2v) is 11.8. The van der Waals surface area contributed by atoms with Crippen LogP contribution >= 0.6 is 0 Å². The van der Waals surface area contributed by atoms with E-state index in [0.29, 0.717) is 23.9 Å². The maximum absolute atomic E-state index is 12.5. The lowest BCUT2D eigenvalue weighted by atomic mass is 10.1. The van der Waals surface area contributed by atoms with Crippen molar-refractivity contribution in [3.8, 4) is 0 Å². The van der Waals surface area contributed by atoms with Crippen LogP contribution in [0.25, 0.3) is 0 Å². The molecule has 2 atom stereocenters. The van der Waals surface area contributed by atoms with E-state index < -0.39 is 24.3 Å². The fraction of sp³-hybridized carbons (Fsp3) is 0.903. The van der Waals surface area contributed by atoms with Gasteiger partial charge in [-0.15, -0.1) is 0 Å². The maximum atomic E-state index is 12.5. The van der Waals surface area contributed by atoms with Crippen LogP contribution < -0.4 is 5.11 Å². The van der Waals surface area contributed by atoms with Gasteiger partial charge in [-0.25, -0.2) is 0 Å². The SMILES string of the molecule is CCCCCCCCCCC(=O)OC(COC(=O)CCCCCCCCC)COC(OCC[N+](C)(C)C)C(=O)[O-]. The number of unbranched alkanes of at least 4 members (excludes halogenated alkanes) is 13. The number of carbonyl (C=O) groups excluding carboxylic acids is 3. The summed E-state index contributed by atoms with van der Waals surface area (Å²) in [6.07, 6.45) is 14.5. The van der Waals surface area contributed by atoms with Crippen molar-refractivity contribution < 1.29 is 42.9 Å². The van der Waals surface area contributed by atoms with E-state index in [1.807, 2.05) is 21.1 Å². The van der Waals surface area contributed by atoms with Crippen LogP contribution in [0, 0.1) is 0 Å². The summed E-state index contributed by atoms with van der Waals surface area (Å²) in [5.74, 6) is -2.30. The summed E-state index contributed by atoms with van der Waals surface area (Å²) in [6.45, 7) is 4.62. The Morgan fingerprint density at radius 2 is 1.12 bits per heavy atom. The molecule has 0 saturated heterocycles. The zero-order valence-electron chi connectivity index (χ0n) is 26.2. The van der Waals surface area contributed by atoms with Gasteiger partial charge >= 0.3 is 11.9 Å². The first-order valence-corrected chi connectivity index (χ1v) is 15.7. The van der Waals surface area contributed by atoms with Crippen molar-refractivity contribution >= 4 is 17.9 Å². The first-order chi connectivity index (χ1) is 19.1. The second kappa shape index (κ2) is 25.0. The number of nitrogens with zero attached hydrogens (tertiary/aromatic N) is 1. The summed E-state index contributed by atoms with van der Waals surface area (Å²) in [7, 11) is 5.88. The monoisotopic (exact) mass is 573 g/mol. The quantitative estimate of drug-likeness (QED) is 0.0561. The lowest BCUT2D eigenvalue weighted by molar-refractivity contribution is -0.870. The molecule has 0 aromatic rings. The zero-order valence-corrected chi connectivity index (χ0v) is 26.2. The Kier molecular flexibility index (Phi) is 24.0. The van der Waals surface area contributed by atoms with E-state index in [-0.39, 0.29) is 32.2 Å². The highest BCUT2D eigenvalue weighted by Gasteiger charge is 2.21. The lowest BCUT2D eigenvalue weighted by Crippen LogP contribution is -2.44. The van der Waals surface area contributed by atoms with Crippen molar-refractivity contribution in [2.24, 2.45) is 0 Å². The van der Waals surface area contributed by atoms with Crippen molar-refractivity contribution in [3.63, 3.8) is 0 Å². The van der Waals surface area contributed by atoms with Crippen LogP contribution in [-0.4, -0.2) is 82.3 Å². The van der Waals surface area contributed by atoms with Gasteiger partial charge in [0.2, 0.25) is 0 Å². The Morgan fingerprint density at radius 1 is 0.650 bits per heavy atom. The third-order valence-electron chi connectivity index (χ3n) is 6.60. The van der Waals surface area contributed by atoms with E-state index in [1.165, 1.54) is 57.8 Å². The van der Waals surface area contributed by atoms with E-state index in [9.17, 15) is 19.5 Å². The average Bonchev–Trinajstić information content (AvgIpc) is 2.89. The molecule has 40 heavy (non-hydrogen) atoms. The van der Waals surface area contributed by atoms with Gasteiger partial charge in [-0.05, 0) is 12.8 Å². The Bertz CT molecular complexity index is 650. The topological polar surface area (TPSA) is 111 Å². The summed E-state index contributed by atoms with van der Waals surface area (Å²) in [6, 6.07) is 0. The summed E-state index contributed by atoms with van der Waals surface area (Å²) in [5, 5.41) is 11.5. The van der Waals surface area contributed by atoms with Gasteiger partial charge in [-0.1, -0.05) is 97.3 Å². The van der Waals surface area contributed by atoms with Gasteiger partial charge in [0.15, 0.2) is 12.4 Å². The fourth-order valence-electron chi connectivity index (χ4n) is 4.06. The highest BCUT2D eigenvalue weighted by atomic mass is 16.7. The molecule has 0 saturated carbocycles. The number of carboxylic acids is 1. The van der Waals surface area contributed by atoms with Crippen LogP contribution in [0.4, 0.5) is 0 Å². The molecular weight excluding hydrogens is 514 g/mol. The largest absolute Gasteiger partial charge is 0.545 e.